The zero-order valence-corrected chi connectivity index (χ0v) is 22.3. The number of hydrogen-bond acceptors (Lipinski definition) is 6. The zero-order valence-electron chi connectivity index (χ0n) is 21.5. The third-order valence-corrected chi connectivity index (χ3v) is 7.67. The normalized spacial score (nSPS) is 16.9. The predicted octanol–water partition coefficient (Wildman–Crippen LogP) is 4.09. The second-order valence-electron chi connectivity index (χ2n) is 9.20. The van der Waals surface area contributed by atoms with E-state index in [1.165, 1.54) is 17.3 Å². The first kappa shape index (κ1) is 26.6. The molecule has 2 aromatic carbocycles. The molecule has 9 heteroatoms. The van der Waals surface area contributed by atoms with Gasteiger partial charge in [0, 0.05) is 18.7 Å². The maximum Gasteiger partial charge on any atom is 0.271 e. The number of thioether (sulfide) groups is 1. The van der Waals surface area contributed by atoms with E-state index in [-0.39, 0.29) is 24.1 Å². The number of amides is 3. The smallest absolute Gasteiger partial charge is 0.271 e. The molecule has 0 bridgehead atoms. The number of unbranched alkanes of at least 4 members (excludes halogenated alkanes) is 1. The van der Waals surface area contributed by atoms with Gasteiger partial charge < -0.3 is 10.6 Å². The number of rotatable bonds is 10. The summed E-state index contributed by atoms with van der Waals surface area (Å²) in [7, 11) is 0. The largest absolute Gasteiger partial charge is 0.356 e. The number of aliphatic imine (C=N–C) groups is 2. The Morgan fingerprint density at radius 2 is 1.81 bits per heavy atom. The van der Waals surface area contributed by atoms with E-state index in [1.807, 2.05) is 62.4 Å². The van der Waals surface area contributed by atoms with Crippen LogP contribution in [0.2, 0.25) is 0 Å². The minimum absolute atomic E-state index is 0.0201. The number of carbonyl (C=O) groups excluding carboxylic acids is 3. The molecule has 0 aromatic heterocycles. The molecule has 4 rings (SSSR count). The number of nitrogens with zero attached hydrogens (tertiary/aromatic N) is 3. The van der Waals surface area contributed by atoms with Crippen LogP contribution in [0.4, 0.5) is 5.69 Å². The van der Waals surface area contributed by atoms with Crippen LogP contribution in [0.15, 0.2) is 58.5 Å². The third-order valence-electron chi connectivity index (χ3n) is 6.34. The van der Waals surface area contributed by atoms with Crippen molar-refractivity contribution in [1.82, 2.24) is 15.5 Å². The Morgan fingerprint density at radius 1 is 1.05 bits per heavy atom. The van der Waals surface area contributed by atoms with E-state index in [0.717, 1.165) is 24.0 Å². The quantitative estimate of drug-likeness (QED) is 0.460. The van der Waals surface area contributed by atoms with Crippen LogP contribution in [0.5, 0.6) is 0 Å². The monoisotopic (exact) mass is 519 g/mol. The van der Waals surface area contributed by atoms with Crippen LogP contribution in [0.3, 0.4) is 0 Å². The molecule has 194 valence electrons. The Balaban J connectivity index is 1.53. The Hall–Kier alpha value is -3.46. The van der Waals surface area contributed by atoms with Crippen LogP contribution in [0.1, 0.15) is 56.2 Å². The number of para-hydroxylation sites is 1. The third kappa shape index (κ3) is 6.28. The van der Waals surface area contributed by atoms with Crippen molar-refractivity contribution in [3.63, 3.8) is 0 Å². The Labute approximate surface area is 222 Å². The molecule has 2 N–H and O–H groups in total. The lowest BCUT2D eigenvalue weighted by molar-refractivity contribution is -0.126. The summed E-state index contributed by atoms with van der Waals surface area (Å²) in [4.78, 5) is 49.6. The molecule has 0 spiro atoms. The summed E-state index contributed by atoms with van der Waals surface area (Å²) < 4.78 is 0. The number of carbonyl (C=O) groups is 3. The number of hydrogen-bond donors (Lipinski definition) is 2. The average Bonchev–Trinajstić information content (AvgIpc) is 3.22. The molecule has 0 fully saturated rings. The first-order valence-corrected chi connectivity index (χ1v) is 13.7. The van der Waals surface area contributed by atoms with E-state index in [2.05, 4.69) is 22.5 Å². The van der Waals surface area contributed by atoms with Crippen molar-refractivity contribution in [1.29, 1.82) is 0 Å². The van der Waals surface area contributed by atoms with Gasteiger partial charge in [-0.25, -0.2) is 4.99 Å². The van der Waals surface area contributed by atoms with E-state index in [0.29, 0.717) is 36.2 Å². The van der Waals surface area contributed by atoms with Crippen molar-refractivity contribution >= 4 is 46.2 Å². The topological polar surface area (TPSA) is 103 Å². The fourth-order valence-electron chi connectivity index (χ4n) is 4.19. The number of fused-ring (bicyclic) bond motifs is 3. The van der Waals surface area contributed by atoms with Crippen molar-refractivity contribution in [3.05, 3.63) is 65.2 Å². The molecular weight excluding hydrogens is 486 g/mol. The SMILES string of the molecule is CCCCNC(=O)CC1C(=O)N=C2c3ccccc3N=C(SC(CC)C(=O)NCc3ccc(C)cc3)N21. The van der Waals surface area contributed by atoms with Gasteiger partial charge in [-0.3, -0.25) is 19.3 Å². The highest BCUT2D eigenvalue weighted by Gasteiger charge is 2.43. The molecule has 37 heavy (non-hydrogen) atoms. The highest BCUT2D eigenvalue weighted by molar-refractivity contribution is 8.15. The molecule has 2 unspecified atom stereocenters. The number of aryl methyl sites for hydroxylation is 1. The molecule has 8 nitrogen and oxygen atoms in total. The molecule has 2 aromatic rings. The van der Waals surface area contributed by atoms with Crippen LogP contribution in [0.25, 0.3) is 0 Å². The molecule has 3 amide bonds. The van der Waals surface area contributed by atoms with E-state index in [1.54, 1.807) is 4.90 Å². The Bertz CT molecular complexity index is 1220. The minimum atomic E-state index is -0.788. The van der Waals surface area contributed by atoms with Crippen LogP contribution in [0, 0.1) is 6.92 Å². The summed E-state index contributed by atoms with van der Waals surface area (Å²) in [5, 5.41) is 5.99. The fourth-order valence-corrected chi connectivity index (χ4v) is 5.28. The van der Waals surface area contributed by atoms with Gasteiger partial charge in [0.15, 0.2) is 5.17 Å². The van der Waals surface area contributed by atoms with Gasteiger partial charge in [-0.15, -0.1) is 0 Å². The Morgan fingerprint density at radius 3 is 2.54 bits per heavy atom. The molecule has 2 atom stereocenters. The van der Waals surface area contributed by atoms with Crippen molar-refractivity contribution in [2.75, 3.05) is 6.54 Å². The van der Waals surface area contributed by atoms with E-state index in [9.17, 15) is 14.4 Å². The van der Waals surface area contributed by atoms with Gasteiger partial charge in [-0.2, -0.15) is 4.99 Å². The van der Waals surface area contributed by atoms with Crippen LogP contribution >= 0.6 is 11.8 Å². The van der Waals surface area contributed by atoms with Gasteiger partial charge in [0.2, 0.25) is 11.8 Å². The summed E-state index contributed by atoms with van der Waals surface area (Å²) in [6, 6.07) is 14.7. The predicted molar refractivity (Wildman–Crippen MR) is 148 cm³/mol. The summed E-state index contributed by atoms with van der Waals surface area (Å²) in [5.74, 6) is -0.191. The summed E-state index contributed by atoms with van der Waals surface area (Å²) in [6.07, 6.45) is 2.40. The number of benzene rings is 2. The van der Waals surface area contributed by atoms with Gasteiger partial charge in [0.1, 0.15) is 11.9 Å². The first-order valence-electron chi connectivity index (χ1n) is 12.8. The summed E-state index contributed by atoms with van der Waals surface area (Å²) in [5.41, 5.74) is 3.62. The number of nitrogens with one attached hydrogen (secondary N) is 2. The van der Waals surface area contributed by atoms with Crippen LogP contribution in [-0.2, 0) is 20.9 Å². The van der Waals surface area contributed by atoms with Gasteiger partial charge >= 0.3 is 0 Å². The zero-order chi connectivity index (χ0) is 26.4. The van der Waals surface area contributed by atoms with Crippen molar-refractivity contribution in [2.24, 2.45) is 9.98 Å². The van der Waals surface area contributed by atoms with Crippen molar-refractivity contribution < 1.29 is 14.4 Å². The van der Waals surface area contributed by atoms with Crippen molar-refractivity contribution in [3.8, 4) is 0 Å². The second kappa shape index (κ2) is 12.2. The second-order valence-corrected chi connectivity index (χ2v) is 10.4. The molecule has 2 aliphatic rings. The first-order chi connectivity index (χ1) is 17.9. The fraction of sp³-hybridized carbons (Fsp3) is 0.393. The van der Waals surface area contributed by atoms with Gasteiger partial charge in [0.25, 0.3) is 5.91 Å². The molecule has 0 saturated heterocycles. The minimum Gasteiger partial charge on any atom is -0.356 e. The summed E-state index contributed by atoms with van der Waals surface area (Å²) in [6.45, 7) is 7.03. The Kier molecular flexibility index (Phi) is 8.76. The van der Waals surface area contributed by atoms with Gasteiger partial charge in [-0.1, -0.05) is 74.0 Å². The van der Waals surface area contributed by atoms with Gasteiger partial charge in [0.05, 0.1) is 17.4 Å². The average molecular weight is 520 g/mol. The van der Waals surface area contributed by atoms with Gasteiger partial charge in [-0.05, 0) is 37.5 Å². The maximum atomic E-state index is 13.1. The lowest BCUT2D eigenvalue weighted by atomic mass is 10.1. The van der Waals surface area contributed by atoms with E-state index in [4.69, 9.17) is 4.99 Å². The molecule has 0 saturated carbocycles. The lowest BCUT2D eigenvalue weighted by Gasteiger charge is -2.32. The van der Waals surface area contributed by atoms with Crippen LogP contribution < -0.4 is 10.6 Å². The van der Waals surface area contributed by atoms with Crippen LogP contribution in [-0.4, -0.2) is 51.5 Å². The van der Waals surface area contributed by atoms with Crippen molar-refractivity contribution in [2.45, 2.75) is 64.3 Å². The molecular formula is C28H33N5O3S. The highest BCUT2D eigenvalue weighted by Crippen LogP contribution is 2.36. The highest BCUT2D eigenvalue weighted by atomic mass is 32.2. The molecule has 2 aliphatic heterocycles. The summed E-state index contributed by atoms with van der Waals surface area (Å²) >= 11 is 1.30. The van der Waals surface area contributed by atoms with E-state index >= 15 is 0 Å². The molecule has 0 aliphatic carbocycles. The standard InChI is InChI=1S/C28H33N5O3S/c1-4-6-15-29-24(34)16-22-26(35)32-25-20-9-7-8-10-21(20)31-28(33(22)25)37-23(5-2)27(36)30-17-19-13-11-18(3)12-14-19/h7-14,22-23H,4-6,15-17H2,1-3H3,(H,29,34)(H,30,36). The lowest BCUT2D eigenvalue weighted by Crippen LogP contribution is -2.47. The number of amidine groups is 2. The molecule has 2 heterocycles. The van der Waals surface area contributed by atoms with E-state index < -0.39 is 11.3 Å². The maximum absolute atomic E-state index is 13.1. The molecule has 0 radical (unpaired) electrons.